The summed E-state index contributed by atoms with van der Waals surface area (Å²) in [6.45, 7) is 0. The number of ether oxygens (including phenoxy) is 4. The van der Waals surface area contributed by atoms with Gasteiger partial charge in [-0.15, -0.1) is 0 Å². The summed E-state index contributed by atoms with van der Waals surface area (Å²) in [7, 11) is 2.99. The molecule has 0 saturated heterocycles. The van der Waals surface area contributed by atoms with Crippen molar-refractivity contribution in [1.29, 1.82) is 0 Å². The van der Waals surface area contributed by atoms with Gasteiger partial charge in [0.1, 0.15) is 23.3 Å². The van der Waals surface area contributed by atoms with Gasteiger partial charge in [-0.05, 0) is 58.4 Å². The smallest absolute Gasteiger partial charge is 0.343 e. The first-order chi connectivity index (χ1) is 15.5. The van der Waals surface area contributed by atoms with Crippen LogP contribution in [0.25, 0.3) is 11.0 Å². The lowest BCUT2D eigenvalue weighted by Crippen LogP contribution is -2.09. The van der Waals surface area contributed by atoms with Gasteiger partial charge in [0, 0.05) is 6.07 Å². The summed E-state index contributed by atoms with van der Waals surface area (Å²) in [5.41, 5.74) is 0.188. The topological polar surface area (TPSA) is 84.2 Å². The summed E-state index contributed by atoms with van der Waals surface area (Å²) in [5, 5.41) is 0.292. The van der Waals surface area contributed by atoms with E-state index >= 15 is 0 Å². The van der Waals surface area contributed by atoms with Crippen molar-refractivity contribution in [3.05, 3.63) is 87.2 Å². The maximum Gasteiger partial charge on any atom is 0.343 e. The zero-order valence-corrected chi connectivity index (χ0v) is 18.7. The number of halogens is 1. The van der Waals surface area contributed by atoms with Crippen LogP contribution in [0.2, 0.25) is 0 Å². The van der Waals surface area contributed by atoms with Gasteiger partial charge in [-0.2, -0.15) is 0 Å². The van der Waals surface area contributed by atoms with Crippen molar-refractivity contribution in [1.82, 2.24) is 0 Å². The highest BCUT2D eigenvalue weighted by Gasteiger charge is 2.15. The number of benzene rings is 3. The van der Waals surface area contributed by atoms with Crippen LogP contribution in [-0.4, -0.2) is 20.2 Å². The molecule has 162 valence electrons. The van der Waals surface area contributed by atoms with Gasteiger partial charge in [-0.25, -0.2) is 4.79 Å². The van der Waals surface area contributed by atoms with Crippen LogP contribution >= 0.6 is 15.9 Å². The Labute approximate surface area is 191 Å². The van der Waals surface area contributed by atoms with Crippen molar-refractivity contribution in [2.75, 3.05) is 14.2 Å². The first kappa shape index (κ1) is 21.5. The Morgan fingerprint density at radius 2 is 1.66 bits per heavy atom. The molecular formula is C24H17BrO7. The normalized spacial score (nSPS) is 10.6. The fraction of sp³-hybridized carbons (Fsp3) is 0.0833. The van der Waals surface area contributed by atoms with Crippen molar-refractivity contribution in [2.45, 2.75) is 0 Å². The first-order valence-corrected chi connectivity index (χ1v) is 10.2. The summed E-state index contributed by atoms with van der Waals surface area (Å²) < 4.78 is 27.8. The molecule has 0 amide bonds. The third-order valence-corrected chi connectivity index (χ3v) is 5.26. The van der Waals surface area contributed by atoms with Gasteiger partial charge in [-0.3, -0.25) is 4.79 Å². The zero-order valence-electron chi connectivity index (χ0n) is 17.1. The van der Waals surface area contributed by atoms with E-state index in [2.05, 4.69) is 15.9 Å². The molecular weight excluding hydrogens is 480 g/mol. The predicted molar refractivity (Wildman–Crippen MR) is 121 cm³/mol. The van der Waals surface area contributed by atoms with E-state index in [9.17, 15) is 9.59 Å². The van der Waals surface area contributed by atoms with Crippen LogP contribution in [0.3, 0.4) is 0 Å². The van der Waals surface area contributed by atoms with E-state index in [0.29, 0.717) is 27.1 Å². The van der Waals surface area contributed by atoms with Crippen molar-refractivity contribution in [3.8, 4) is 28.7 Å². The molecule has 0 N–H and O–H groups in total. The van der Waals surface area contributed by atoms with Gasteiger partial charge in [0.15, 0.2) is 11.5 Å². The Kier molecular flexibility index (Phi) is 6.13. The maximum absolute atomic E-state index is 12.8. The fourth-order valence-corrected chi connectivity index (χ4v) is 3.37. The fourth-order valence-electron chi connectivity index (χ4n) is 3.00. The van der Waals surface area contributed by atoms with Crippen molar-refractivity contribution in [3.63, 3.8) is 0 Å². The number of hydrogen-bond donors (Lipinski definition) is 0. The molecule has 0 aliphatic rings. The van der Waals surface area contributed by atoms with Crippen molar-refractivity contribution < 1.29 is 28.2 Å². The van der Waals surface area contributed by atoms with Crippen LogP contribution in [0.1, 0.15) is 10.4 Å². The number of fused-ring (bicyclic) bond motifs is 1. The molecule has 0 spiro atoms. The highest BCUT2D eigenvalue weighted by Crippen LogP contribution is 2.30. The number of esters is 1. The summed E-state index contributed by atoms with van der Waals surface area (Å²) >= 11 is 3.38. The third-order valence-electron chi connectivity index (χ3n) is 4.60. The molecule has 0 fully saturated rings. The molecule has 0 aliphatic carbocycles. The Hall–Kier alpha value is -3.78. The second-order valence-corrected chi connectivity index (χ2v) is 7.43. The summed E-state index contributed by atoms with van der Waals surface area (Å²) in [6, 6.07) is 16.4. The monoisotopic (exact) mass is 496 g/mol. The van der Waals surface area contributed by atoms with Gasteiger partial charge in [0.05, 0.1) is 29.6 Å². The van der Waals surface area contributed by atoms with Gasteiger partial charge in [-0.1, -0.05) is 12.1 Å². The van der Waals surface area contributed by atoms with Crippen LogP contribution < -0.4 is 24.4 Å². The van der Waals surface area contributed by atoms with Crippen LogP contribution in [0.15, 0.2) is 80.6 Å². The molecule has 1 aromatic heterocycles. The van der Waals surface area contributed by atoms with Gasteiger partial charge < -0.3 is 23.4 Å². The molecule has 7 nitrogen and oxygen atoms in total. The molecule has 4 aromatic rings. The first-order valence-electron chi connectivity index (χ1n) is 9.42. The number of rotatable bonds is 6. The SMILES string of the molecule is COc1ccc(C(=O)Oc2ccc3c(=O)c(Oc4ccccc4Br)coc3c2)cc1OC. The Morgan fingerprint density at radius 3 is 2.41 bits per heavy atom. The third kappa shape index (κ3) is 4.31. The average molecular weight is 497 g/mol. The van der Waals surface area contributed by atoms with E-state index in [1.54, 1.807) is 30.3 Å². The Balaban J connectivity index is 1.58. The van der Waals surface area contributed by atoms with Gasteiger partial charge in [0.25, 0.3) is 0 Å². The lowest BCUT2D eigenvalue weighted by molar-refractivity contribution is 0.0734. The maximum atomic E-state index is 12.8. The Bertz CT molecular complexity index is 1360. The number of para-hydroxylation sites is 1. The summed E-state index contributed by atoms with van der Waals surface area (Å²) in [6.07, 6.45) is 1.23. The molecule has 0 aliphatic heterocycles. The summed E-state index contributed by atoms with van der Waals surface area (Å²) in [4.78, 5) is 25.3. The zero-order chi connectivity index (χ0) is 22.7. The molecule has 8 heteroatoms. The van der Waals surface area contributed by atoms with Crippen LogP contribution in [0.5, 0.6) is 28.7 Å². The minimum absolute atomic E-state index is 0.0412. The van der Waals surface area contributed by atoms with Crippen LogP contribution in [0.4, 0.5) is 0 Å². The van der Waals surface area contributed by atoms with Gasteiger partial charge in [0.2, 0.25) is 11.2 Å². The van der Waals surface area contributed by atoms with E-state index < -0.39 is 5.97 Å². The second kappa shape index (κ2) is 9.15. The molecule has 4 rings (SSSR count). The number of methoxy groups -OCH3 is 2. The minimum atomic E-state index is -0.596. The highest BCUT2D eigenvalue weighted by atomic mass is 79.9. The molecule has 3 aromatic carbocycles. The summed E-state index contributed by atoms with van der Waals surface area (Å²) in [5.74, 6) is 1.06. The average Bonchev–Trinajstić information content (AvgIpc) is 2.81. The number of hydrogen-bond acceptors (Lipinski definition) is 7. The van der Waals surface area contributed by atoms with Crippen molar-refractivity contribution in [2.24, 2.45) is 0 Å². The molecule has 32 heavy (non-hydrogen) atoms. The van der Waals surface area contributed by atoms with Crippen molar-refractivity contribution >= 4 is 32.9 Å². The molecule has 0 unspecified atom stereocenters. The van der Waals surface area contributed by atoms with E-state index in [1.807, 2.05) is 6.07 Å². The molecule has 1 heterocycles. The predicted octanol–water partition coefficient (Wildman–Crippen LogP) is 5.58. The lowest BCUT2D eigenvalue weighted by Gasteiger charge is -2.10. The molecule has 0 atom stereocenters. The highest BCUT2D eigenvalue weighted by molar-refractivity contribution is 9.10. The largest absolute Gasteiger partial charge is 0.493 e. The van der Waals surface area contributed by atoms with E-state index in [1.165, 1.54) is 44.7 Å². The second-order valence-electron chi connectivity index (χ2n) is 6.58. The quantitative estimate of drug-likeness (QED) is 0.254. The minimum Gasteiger partial charge on any atom is -0.493 e. The van der Waals surface area contributed by atoms with Crippen LogP contribution in [0, 0.1) is 0 Å². The Morgan fingerprint density at radius 1 is 0.875 bits per heavy atom. The number of carbonyl (C=O) groups excluding carboxylic acids is 1. The number of carbonyl (C=O) groups is 1. The van der Waals surface area contributed by atoms with E-state index in [4.69, 9.17) is 23.4 Å². The lowest BCUT2D eigenvalue weighted by atomic mass is 10.2. The van der Waals surface area contributed by atoms with E-state index in [0.717, 1.165) is 0 Å². The van der Waals surface area contributed by atoms with E-state index in [-0.39, 0.29) is 28.1 Å². The molecule has 0 saturated carbocycles. The molecule has 0 radical (unpaired) electrons. The molecule has 0 bridgehead atoms. The van der Waals surface area contributed by atoms with Gasteiger partial charge >= 0.3 is 5.97 Å². The standard InChI is InChI=1S/C24H17BrO7/c1-28-19-10-7-14(11-21(19)29-2)24(27)31-15-8-9-16-20(12-15)30-13-22(23(16)26)32-18-6-4-3-5-17(18)25/h3-13H,1-2H3. The van der Waals surface area contributed by atoms with Crippen LogP contribution in [-0.2, 0) is 0 Å².